The van der Waals surface area contributed by atoms with Crippen molar-refractivity contribution >= 4 is 63.7 Å². The highest BCUT2D eigenvalue weighted by Gasteiger charge is 2.04. The number of hydrogen-bond acceptors (Lipinski definition) is 0. The van der Waals surface area contributed by atoms with Crippen molar-refractivity contribution in [2.24, 2.45) is 0 Å². The number of alkyl halides is 4. The largest absolute Gasteiger partial charge is 0.0920 e. The highest BCUT2D eigenvalue weighted by molar-refractivity contribution is 9.29. The Kier molecular flexibility index (Phi) is 3.07. The molecule has 0 unspecified atom stereocenters. The van der Waals surface area contributed by atoms with E-state index in [1.807, 2.05) is 0 Å². The van der Waals surface area contributed by atoms with E-state index < -0.39 is 7.42 Å². The van der Waals surface area contributed by atoms with Gasteiger partial charge in [0.25, 0.3) is 0 Å². The molecule has 0 spiro atoms. The van der Waals surface area contributed by atoms with Gasteiger partial charge in [0.15, 0.2) is 0 Å². The van der Waals surface area contributed by atoms with Crippen molar-refractivity contribution in [2.45, 2.75) is 7.42 Å². The predicted molar refractivity (Wildman–Crippen MR) is 43.3 cm³/mol. The minimum atomic E-state index is -1.19. The Bertz CT molecular complexity index is 67.0. The summed E-state index contributed by atoms with van der Waals surface area (Å²) >= 11 is 11.6. The third kappa shape index (κ3) is 4.09. The van der Waals surface area contributed by atoms with Gasteiger partial charge in [0.2, 0.25) is 0 Å². The molecule has 0 saturated heterocycles. The Balaban J connectivity index is 4.02. The lowest BCUT2D eigenvalue weighted by molar-refractivity contribution is 1.46. The fourth-order valence-electron chi connectivity index (χ4n) is 0. The molecule has 6 heavy (non-hydrogen) atoms. The van der Waals surface area contributed by atoms with Gasteiger partial charge in [0.05, 0.1) is 10.2 Å². The first-order valence-corrected chi connectivity index (χ1v) is 4.18. The van der Waals surface area contributed by atoms with E-state index in [-0.39, 0.29) is 0 Å². The molecule has 0 saturated carbocycles. The van der Waals surface area contributed by atoms with Crippen LogP contribution in [0.3, 0.4) is 0 Å². The molecule has 0 N–H and O–H groups in total. The Morgan fingerprint density at radius 3 is 1.17 bits per heavy atom. The highest BCUT2D eigenvalue weighted by atomic mass is 79.9. The zero-order valence-electron chi connectivity index (χ0n) is 4.51. The maximum atomic E-state index is 7.14. The number of halogens is 4. The molecule has 0 radical (unpaired) electrons. The molecule has 0 aliphatic carbocycles. The van der Waals surface area contributed by atoms with E-state index in [1.54, 1.807) is 0 Å². The van der Waals surface area contributed by atoms with E-state index in [1.165, 1.54) is 0 Å². The summed E-state index contributed by atoms with van der Waals surface area (Å²) in [5.41, 5.74) is 0. The molecule has 0 bridgehead atoms. The summed E-state index contributed by atoms with van der Waals surface area (Å²) < 4.78 is 11.9. The molecule has 0 fully saturated rings. The van der Waals surface area contributed by atoms with Gasteiger partial charge in [-0.1, -0.05) is 63.7 Å². The molecule has 4 heteroatoms. The predicted octanol–water partition coefficient (Wildman–Crippen LogP) is 3.22. The molecule has 38 valence electrons. The van der Waals surface area contributed by atoms with E-state index in [4.69, 9.17) is 2.74 Å². The summed E-state index contributed by atoms with van der Waals surface area (Å²) in [5, 5.41) is 0. The minimum absolute atomic E-state index is 1.19. The lowest BCUT2D eigenvalue weighted by Gasteiger charge is -1.96. The van der Waals surface area contributed by atoms with Gasteiger partial charge in [-0.25, -0.2) is 0 Å². The van der Waals surface area contributed by atoms with E-state index in [2.05, 4.69) is 63.7 Å². The molecule has 0 aromatic rings. The lowest BCUT2D eigenvalue weighted by Crippen LogP contribution is -1.93. The molecule has 0 heterocycles. The number of rotatable bonds is 1. The maximum absolute atomic E-state index is 7.14. The first-order chi connectivity index (χ1) is 3.25. The third-order valence-electron chi connectivity index (χ3n) is 0.143. The SMILES string of the molecule is [2H]C(Br)(Br)C([2H])(Br)Br. The van der Waals surface area contributed by atoms with Crippen LogP contribution in [0, 0.1) is 0 Å². The van der Waals surface area contributed by atoms with Gasteiger partial charge in [0.1, 0.15) is 0 Å². The van der Waals surface area contributed by atoms with Crippen molar-refractivity contribution in [3.05, 3.63) is 0 Å². The quantitative estimate of drug-likeness (QED) is 0.639. The Morgan fingerprint density at radius 1 is 1.00 bits per heavy atom. The molecule has 0 rings (SSSR count). The zero-order chi connectivity index (χ0) is 7.00. The monoisotopic (exact) mass is 344 g/mol. The van der Waals surface area contributed by atoms with Crippen molar-refractivity contribution < 1.29 is 2.74 Å². The van der Waals surface area contributed by atoms with Gasteiger partial charge in [-0.15, -0.1) is 0 Å². The molecule has 0 aromatic heterocycles. The average Bonchev–Trinajstić information content (AvgIpc) is 1.25. The second-order valence-corrected chi connectivity index (χ2v) is 5.82. The van der Waals surface area contributed by atoms with E-state index in [0.29, 0.717) is 0 Å². The Morgan fingerprint density at radius 2 is 1.17 bits per heavy atom. The summed E-state index contributed by atoms with van der Waals surface area (Å²) in [6.07, 6.45) is 0. The van der Waals surface area contributed by atoms with Crippen LogP contribution < -0.4 is 0 Å². The molecule has 0 atom stereocenters. The summed E-state index contributed by atoms with van der Waals surface area (Å²) in [6, 6.07) is 0. The fourth-order valence-corrected chi connectivity index (χ4v) is 0. The summed E-state index contributed by atoms with van der Waals surface area (Å²) in [5.74, 6) is 0. The van der Waals surface area contributed by atoms with E-state index in [9.17, 15) is 0 Å². The van der Waals surface area contributed by atoms with Crippen LogP contribution in [0.2, 0.25) is 0 Å². The summed E-state index contributed by atoms with van der Waals surface area (Å²) in [4.78, 5) is 0. The van der Waals surface area contributed by atoms with E-state index >= 15 is 0 Å². The normalized spacial score (nSPS) is 19.3. The van der Waals surface area contributed by atoms with Crippen molar-refractivity contribution in [3.63, 3.8) is 0 Å². The van der Waals surface area contributed by atoms with Gasteiger partial charge >= 0.3 is 0 Å². The second-order valence-electron chi connectivity index (χ2n) is 0.521. The molecule has 0 aliphatic rings. The molecule has 0 aromatic carbocycles. The Labute approximate surface area is 73.4 Å². The molecule has 0 amide bonds. The van der Waals surface area contributed by atoms with E-state index in [0.717, 1.165) is 0 Å². The minimum Gasteiger partial charge on any atom is -0.0743 e. The summed E-state index contributed by atoms with van der Waals surface area (Å²) in [6.45, 7) is 0. The van der Waals surface area contributed by atoms with Crippen LogP contribution in [-0.4, -0.2) is 7.42 Å². The van der Waals surface area contributed by atoms with Crippen molar-refractivity contribution in [1.82, 2.24) is 0 Å². The Hall–Kier alpha value is 1.92. The third-order valence-corrected chi connectivity index (χ3v) is 3.86. The zero-order valence-corrected chi connectivity index (χ0v) is 8.86. The molecular formula is C2H2Br4. The van der Waals surface area contributed by atoms with Crippen LogP contribution in [0.15, 0.2) is 0 Å². The van der Waals surface area contributed by atoms with Gasteiger partial charge in [0, 0.05) is 0 Å². The van der Waals surface area contributed by atoms with Crippen LogP contribution in [0.1, 0.15) is 2.74 Å². The highest BCUT2D eigenvalue weighted by Crippen LogP contribution is 2.24. The first kappa shape index (κ1) is 4.77. The molecular weight excluding hydrogens is 344 g/mol. The first-order valence-electron chi connectivity index (χ1n) is 2.01. The number of hydrogen-bond donors (Lipinski definition) is 0. The molecule has 0 nitrogen and oxygen atoms in total. The standard InChI is InChI=1S/C2H2Br4/c3-1(4)2(5)6/h1-2H/i1D,2D. The van der Waals surface area contributed by atoms with Crippen LogP contribution >= 0.6 is 63.7 Å². The average molecular weight is 348 g/mol. The lowest BCUT2D eigenvalue weighted by atomic mass is 11.0. The fraction of sp³-hybridized carbons (Fsp3) is 1.00. The van der Waals surface area contributed by atoms with Crippen LogP contribution in [0.5, 0.6) is 0 Å². The van der Waals surface area contributed by atoms with Gasteiger partial charge in [-0.2, -0.15) is 0 Å². The van der Waals surface area contributed by atoms with Crippen LogP contribution in [0.25, 0.3) is 0 Å². The second kappa shape index (κ2) is 3.87. The summed E-state index contributed by atoms with van der Waals surface area (Å²) in [7, 11) is 0. The van der Waals surface area contributed by atoms with Crippen molar-refractivity contribution in [1.29, 1.82) is 0 Å². The smallest absolute Gasteiger partial charge is 0.0743 e. The van der Waals surface area contributed by atoms with Crippen LogP contribution in [0.4, 0.5) is 0 Å². The maximum Gasteiger partial charge on any atom is 0.0920 e. The van der Waals surface area contributed by atoms with Crippen LogP contribution in [-0.2, 0) is 0 Å². The van der Waals surface area contributed by atoms with Crippen molar-refractivity contribution in [3.8, 4) is 0 Å². The van der Waals surface area contributed by atoms with Gasteiger partial charge in [-0.05, 0) is 0 Å². The van der Waals surface area contributed by atoms with Gasteiger partial charge < -0.3 is 0 Å². The van der Waals surface area contributed by atoms with Gasteiger partial charge in [-0.3, -0.25) is 0 Å². The van der Waals surface area contributed by atoms with Crippen molar-refractivity contribution in [2.75, 3.05) is 0 Å². The topological polar surface area (TPSA) is 0 Å². The molecule has 0 aliphatic heterocycles.